The van der Waals surface area contributed by atoms with Crippen molar-refractivity contribution in [3.63, 3.8) is 0 Å². The predicted octanol–water partition coefficient (Wildman–Crippen LogP) is 2.67. The number of rotatable bonds is 2. The molecule has 0 aromatic carbocycles. The van der Waals surface area contributed by atoms with Crippen LogP contribution in [0.4, 0.5) is 5.82 Å². The molecule has 112 valence electrons. The molecule has 1 aliphatic heterocycles. The van der Waals surface area contributed by atoms with Crippen LogP contribution in [0.15, 0.2) is 11.4 Å². The van der Waals surface area contributed by atoms with Gasteiger partial charge in [0.1, 0.15) is 10.6 Å². The van der Waals surface area contributed by atoms with Crippen LogP contribution < -0.4 is 5.73 Å². The van der Waals surface area contributed by atoms with E-state index >= 15 is 0 Å². The number of amides is 1. The number of fused-ring (bicyclic) bond motifs is 1. The molecule has 0 radical (unpaired) electrons. The SMILES string of the molecule is CC(C)(C)C1CC(=O)N(Cc2nc(N)c3ccsc3n2)C1. The Hall–Kier alpha value is -1.69. The first-order chi connectivity index (χ1) is 9.84. The highest BCUT2D eigenvalue weighted by Crippen LogP contribution is 2.34. The van der Waals surface area contributed by atoms with Gasteiger partial charge in [0.2, 0.25) is 5.91 Å². The van der Waals surface area contributed by atoms with Crippen molar-refractivity contribution in [3.8, 4) is 0 Å². The molecule has 2 aromatic rings. The standard InChI is InChI=1S/C15H20N4OS/c1-15(2,3)9-6-12(20)19(7-9)8-11-17-13(16)10-4-5-21-14(10)18-11/h4-5,9H,6-8H2,1-3H3,(H2,16,17,18). The smallest absolute Gasteiger partial charge is 0.223 e. The van der Waals surface area contributed by atoms with Crippen LogP contribution in [0.2, 0.25) is 0 Å². The van der Waals surface area contributed by atoms with Gasteiger partial charge in [-0.15, -0.1) is 11.3 Å². The van der Waals surface area contributed by atoms with E-state index < -0.39 is 0 Å². The molecule has 6 heteroatoms. The Bertz CT molecular complexity index is 689. The van der Waals surface area contributed by atoms with Crippen molar-refractivity contribution in [2.24, 2.45) is 11.3 Å². The van der Waals surface area contributed by atoms with Gasteiger partial charge in [0.15, 0.2) is 5.82 Å². The van der Waals surface area contributed by atoms with E-state index in [-0.39, 0.29) is 11.3 Å². The predicted molar refractivity (Wildman–Crippen MR) is 84.8 cm³/mol. The van der Waals surface area contributed by atoms with Gasteiger partial charge in [-0.1, -0.05) is 20.8 Å². The summed E-state index contributed by atoms with van der Waals surface area (Å²) in [7, 11) is 0. The van der Waals surface area contributed by atoms with Crippen LogP contribution >= 0.6 is 11.3 Å². The number of thiophene rings is 1. The van der Waals surface area contributed by atoms with E-state index in [9.17, 15) is 4.79 Å². The van der Waals surface area contributed by atoms with Gasteiger partial charge in [-0.25, -0.2) is 9.97 Å². The first-order valence-corrected chi connectivity index (χ1v) is 8.00. The molecule has 1 fully saturated rings. The Morgan fingerprint density at radius 2 is 2.19 bits per heavy atom. The van der Waals surface area contributed by atoms with E-state index in [4.69, 9.17) is 5.73 Å². The van der Waals surface area contributed by atoms with Crippen LogP contribution in [0.1, 0.15) is 33.0 Å². The van der Waals surface area contributed by atoms with Gasteiger partial charge >= 0.3 is 0 Å². The van der Waals surface area contributed by atoms with E-state index in [1.165, 1.54) is 0 Å². The summed E-state index contributed by atoms with van der Waals surface area (Å²) in [4.78, 5) is 23.8. The molecular weight excluding hydrogens is 284 g/mol. The monoisotopic (exact) mass is 304 g/mol. The van der Waals surface area contributed by atoms with Crippen molar-refractivity contribution in [3.05, 3.63) is 17.3 Å². The number of nitrogens with zero attached hydrogens (tertiary/aromatic N) is 3. The number of anilines is 1. The number of hydrogen-bond acceptors (Lipinski definition) is 5. The number of aromatic nitrogens is 2. The molecule has 1 aliphatic rings. The van der Waals surface area contributed by atoms with E-state index in [1.54, 1.807) is 11.3 Å². The Balaban J connectivity index is 1.81. The molecule has 1 atom stereocenters. The van der Waals surface area contributed by atoms with Gasteiger partial charge in [-0.05, 0) is 22.8 Å². The second kappa shape index (κ2) is 4.94. The molecular formula is C15H20N4OS. The van der Waals surface area contributed by atoms with Crippen LogP contribution in [0, 0.1) is 11.3 Å². The van der Waals surface area contributed by atoms with Gasteiger partial charge in [-0.2, -0.15) is 0 Å². The fraction of sp³-hybridized carbons (Fsp3) is 0.533. The number of carbonyl (C=O) groups excluding carboxylic acids is 1. The summed E-state index contributed by atoms with van der Waals surface area (Å²) < 4.78 is 0. The maximum atomic E-state index is 12.2. The van der Waals surface area contributed by atoms with Crippen molar-refractivity contribution < 1.29 is 4.79 Å². The molecule has 1 saturated heterocycles. The van der Waals surface area contributed by atoms with Crippen molar-refractivity contribution in [2.75, 3.05) is 12.3 Å². The van der Waals surface area contributed by atoms with Crippen molar-refractivity contribution in [1.82, 2.24) is 14.9 Å². The molecule has 3 rings (SSSR count). The molecule has 1 amide bonds. The number of carbonyl (C=O) groups is 1. The highest BCUT2D eigenvalue weighted by atomic mass is 32.1. The summed E-state index contributed by atoms with van der Waals surface area (Å²) in [6.07, 6.45) is 0.611. The van der Waals surface area contributed by atoms with Crippen LogP contribution in [0.25, 0.3) is 10.2 Å². The number of nitrogens with two attached hydrogens (primary N) is 1. The fourth-order valence-electron chi connectivity index (χ4n) is 2.67. The Morgan fingerprint density at radius 3 is 2.86 bits per heavy atom. The van der Waals surface area contributed by atoms with Gasteiger partial charge < -0.3 is 10.6 Å². The molecule has 0 saturated carbocycles. The minimum Gasteiger partial charge on any atom is -0.383 e. The van der Waals surface area contributed by atoms with Crippen molar-refractivity contribution in [2.45, 2.75) is 33.7 Å². The van der Waals surface area contributed by atoms with Crippen LogP contribution in [0.3, 0.4) is 0 Å². The van der Waals surface area contributed by atoms with E-state index in [0.717, 1.165) is 16.8 Å². The minimum atomic E-state index is 0.141. The fourth-order valence-corrected chi connectivity index (χ4v) is 3.46. The second-order valence-corrected chi connectivity index (χ2v) is 7.60. The molecule has 3 heterocycles. The third-order valence-electron chi connectivity index (χ3n) is 4.17. The second-order valence-electron chi connectivity index (χ2n) is 6.71. The first kappa shape index (κ1) is 14.3. The highest BCUT2D eigenvalue weighted by molar-refractivity contribution is 7.16. The Kier molecular flexibility index (Phi) is 3.36. The maximum Gasteiger partial charge on any atom is 0.223 e. The lowest BCUT2D eigenvalue weighted by molar-refractivity contribution is -0.128. The average molecular weight is 304 g/mol. The quantitative estimate of drug-likeness (QED) is 0.926. The topological polar surface area (TPSA) is 72.1 Å². The van der Waals surface area contributed by atoms with E-state index in [0.29, 0.717) is 30.5 Å². The zero-order valence-corrected chi connectivity index (χ0v) is 13.4. The van der Waals surface area contributed by atoms with Gasteiger partial charge in [-0.3, -0.25) is 4.79 Å². The lowest BCUT2D eigenvalue weighted by atomic mass is 9.80. The number of likely N-dealkylation sites (tertiary alicyclic amines) is 1. The third-order valence-corrected chi connectivity index (χ3v) is 4.98. The summed E-state index contributed by atoms with van der Waals surface area (Å²) in [6.45, 7) is 7.76. The van der Waals surface area contributed by atoms with Gasteiger partial charge in [0, 0.05) is 13.0 Å². The molecule has 0 spiro atoms. The van der Waals surface area contributed by atoms with Crippen molar-refractivity contribution >= 4 is 33.3 Å². The normalized spacial score (nSPS) is 19.7. The van der Waals surface area contributed by atoms with Crippen LogP contribution in [-0.4, -0.2) is 27.3 Å². The first-order valence-electron chi connectivity index (χ1n) is 7.12. The zero-order chi connectivity index (χ0) is 15.2. The highest BCUT2D eigenvalue weighted by Gasteiger charge is 2.37. The largest absolute Gasteiger partial charge is 0.383 e. The Morgan fingerprint density at radius 1 is 1.43 bits per heavy atom. The van der Waals surface area contributed by atoms with Crippen LogP contribution in [0.5, 0.6) is 0 Å². The Labute approximate surface area is 128 Å². The number of nitrogen functional groups attached to an aromatic ring is 1. The minimum absolute atomic E-state index is 0.141. The van der Waals surface area contributed by atoms with Crippen LogP contribution in [-0.2, 0) is 11.3 Å². The summed E-state index contributed by atoms with van der Waals surface area (Å²) in [5.74, 6) is 1.69. The molecule has 21 heavy (non-hydrogen) atoms. The molecule has 0 aliphatic carbocycles. The van der Waals surface area contributed by atoms with Crippen molar-refractivity contribution in [1.29, 1.82) is 0 Å². The summed E-state index contributed by atoms with van der Waals surface area (Å²) >= 11 is 1.54. The number of hydrogen-bond donors (Lipinski definition) is 1. The summed E-state index contributed by atoms with van der Waals surface area (Å²) in [5, 5.41) is 2.85. The summed E-state index contributed by atoms with van der Waals surface area (Å²) in [5.41, 5.74) is 6.10. The van der Waals surface area contributed by atoms with Gasteiger partial charge in [0.05, 0.1) is 11.9 Å². The van der Waals surface area contributed by atoms with E-state index in [1.807, 2.05) is 16.3 Å². The lowest BCUT2D eigenvalue weighted by Crippen LogP contribution is -2.28. The molecule has 2 N–H and O–H groups in total. The molecule has 5 nitrogen and oxygen atoms in total. The lowest BCUT2D eigenvalue weighted by Gasteiger charge is -2.26. The average Bonchev–Trinajstić information content (AvgIpc) is 2.96. The zero-order valence-electron chi connectivity index (χ0n) is 12.6. The molecule has 1 unspecified atom stereocenters. The maximum absolute atomic E-state index is 12.2. The summed E-state index contributed by atoms with van der Waals surface area (Å²) in [6, 6.07) is 1.93. The third kappa shape index (κ3) is 2.72. The van der Waals surface area contributed by atoms with E-state index in [2.05, 4.69) is 30.7 Å². The molecule has 0 bridgehead atoms. The van der Waals surface area contributed by atoms with Gasteiger partial charge in [0.25, 0.3) is 0 Å². The molecule has 2 aromatic heterocycles.